The molecule has 34 heavy (non-hydrogen) atoms. The Labute approximate surface area is 191 Å². The lowest BCUT2D eigenvalue weighted by atomic mass is 9.77. The van der Waals surface area contributed by atoms with Crippen molar-refractivity contribution < 1.29 is 27.1 Å². The van der Waals surface area contributed by atoms with Crippen molar-refractivity contribution in [3.05, 3.63) is 59.6 Å². The minimum absolute atomic E-state index is 0.104. The van der Waals surface area contributed by atoms with E-state index in [0.717, 1.165) is 6.42 Å². The predicted molar refractivity (Wildman–Crippen MR) is 110 cm³/mol. The molecule has 1 aliphatic carbocycles. The molecular weight excluding hydrogens is 456 g/mol. The molecule has 0 aromatic carbocycles. The van der Waals surface area contributed by atoms with Crippen molar-refractivity contribution in [1.82, 2.24) is 29.9 Å². The van der Waals surface area contributed by atoms with E-state index in [1.807, 2.05) is 0 Å². The van der Waals surface area contributed by atoms with Gasteiger partial charge in [-0.25, -0.2) is 14.4 Å². The number of fused-ring (bicyclic) bond motifs is 3. The Kier molecular flexibility index (Phi) is 5.45. The van der Waals surface area contributed by atoms with Gasteiger partial charge in [0.25, 0.3) is 11.8 Å². The highest BCUT2D eigenvalue weighted by Crippen LogP contribution is 2.39. The van der Waals surface area contributed by atoms with Gasteiger partial charge in [-0.3, -0.25) is 4.79 Å². The van der Waals surface area contributed by atoms with Gasteiger partial charge in [-0.2, -0.15) is 23.4 Å². The monoisotopic (exact) mass is 476 g/mol. The molecule has 0 N–H and O–H groups in total. The van der Waals surface area contributed by atoms with Crippen molar-refractivity contribution in [2.75, 3.05) is 6.54 Å². The van der Waals surface area contributed by atoms with Crippen LogP contribution in [-0.2, 0) is 6.18 Å². The van der Waals surface area contributed by atoms with E-state index in [-0.39, 0.29) is 17.5 Å². The highest BCUT2D eigenvalue weighted by atomic mass is 19.4. The van der Waals surface area contributed by atoms with Crippen LogP contribution in [0.3, 0.4) is 0 Å². The maximum absolute atomic E-state index is 14.4. The average molecular weight is 476 g/mol. The lowest BCUT2D eigenvalue weighted by Crippen LogP contribution is -2.59. The summed E-state index contributed by atoms with van der Waals surface area (Å²) in [6.07, 6.45) is 0.247. The van der Waals surface area contributed by atoms with E-state index in [1.54, 1.807) is 24.0 Å². The van der Waals surface area contributed by atoms with Gasteiger partial charge < -0.3 is 9.64 Å². The van der Waals surface area contributed by atoms with Gasteiger partial charge in [0.2, 0.25) is 0 Å². The van der Waals surface area contributed by atoms with E-state index in [4.69, 9.17) is 4.74 Å². The summed E-state index contributed by atoms with van der Waals surface area (Å²) in [6, 6.07) is 3.43. The highest BCUT2D eigenvalue weighted by molar-refractivity contribution is 5.96. The highest BCUT2D eigenvalue weighted by Gasteiger charge is 2.45. The number of carbonyl (C=O) groups excluding carboxylic acids is 1. The predicted octanol–water partition coefficient (Wildman–Crippen LogP) is 3.60. The van der Waals surface area contributed by atoms with E-state index in [1.165, 1.54) is 17.2 Å². The number of aromatic nitrogens is 5. The second kappa shape index (κ2) is 8.33. The molecule has 3 aromatic heterocycles. The second-order valence-electron chi connectivity index (χ2n) is 8.51. The normalized spacial score (nSPS) is 22.1. The average Bonchev–Trinajstić information content (AvgIpc) is 3.34. The molecule has 0 spiro atoms. The fourth-order valence-electron chi connectivity index (χ4n) is 4.65. The van der Waals surface area contributed by atoms with Crippen LogP contribution < -0.4 is 4.74 Å². The summed E-state index contributed by atoms with van der Waals surface area (Å²) >= 11 is 0. The maximum atomic E-state index is 14.4. The van der Waals surface area contributed by atoms with E-state index < -0.39 is 35.6 Å². The molecule has 5 heterocycles. The molecule has 2 aliphatic heterocycles. The van der Waals surface area contributed by atoms with Crippen molar-refractivity contribution in [3.8, 4) is 11.6 Å². The molecule has 3 atom stereocenters. The third-order valence-electron chi connectivity index (χ3n) is 6.23. The number of pyridine rings is 2. The Bertz CT molecular complexity index is 1220. The number of piperidine rings is 2. The number of rotatable bonds is 4. The van der Waals surface area contributed by atoms with Crippen LogP contribution in [0, 0.1) is 18.7 Å². The van der Waals surface area contributed by atoms with Gasteiger partial charge in [0, 0.05) is 18.4 Å². The van der Waals surface area contributed by atoms with Crippen LogP contribution in [0.15, 0.2) is 36.8 Å². The standard InChI is InChI=1S/C22H20F4N6O2/c1-12-2-4-17(32-28-6-7-29-32)19(30-12)21(33)31-11-13-3-5-16(31)18(8-13)34-20-15(23)9-14(10-27-20)22(24,25)26/h2,4,6-7,9-10,13,16,18H,3,5,8,11H2,1H3. The topological polar surface area (TPSA) is 86.0 Å². The Morgan fingerprint density at radius 3 is 2.62 bits per heavy atom. The van der Waals surface area contributed by atoms with Crippen LogP contribution in [0.1, 0.15) is 41.0 Å². The minimum atomic E-state index is -4.71. The maximum Gasteiger partial charge on any atom is 0.417 e. The molecule has 2 bridgehead atoms. The van der Waals surface area contributed by atoms with Crippen LogP contribution in [0.4, 0.5) is 17.6 Å². The van der Waals surface area contributed by atoms with E-state index in [0.29, 0.717) is 43.0 Å². The van der Waals surface area contributed by atoms with Gasteiger partial charge in [0.1, 0.15) is 11.8 Å². The summed E-state index contributed by atoms with van der Waals surface area (Å²) in [7, 11) is 0. The molecule has 178 valence electrons. The number of carbonyl (C=O) groups is 1. The van der Waals surface area contributed by atoms with Crippen molar-refractivity contribution in [1.29, 1.82) is 0 Å². The van der Waals surface area contributed by atoms with Crippen LogP contribution >= 0.6 is 0 Å². The van der Waals surface area contributed by atoms with Crippen LogP contribution in [0.5, 0.6) is 5.88 Å². The first-order valence-corrected chi connectivity index (χ1v) is 10.8. The third kappa shape index (κ3) is 4.08. The minimum Gasteiger partial charge on any atom is -0.470 e. The van der Waals surface area contributed by atoms with Crippen molar-refractivity contribution in [2.45, 2.75) is 44.5 Å². The van der Waals surface area contributed by atoms with Gasteiger partial charge in [-0.1, -0.05) is 0 Å². The molecule has 3 unspecified atom stereocenters. The molecule has 1 saturated carbocycles. The fourth-order valence-corrected chi connectivity index (χ4v) is 4.65. The zero-order chi connectivity index (χ0) is 24.0. The molecular formula is C22H20F4N6O2. The number of halogens is 4. The molecule has 6 rings (SSSR count). The number of alkyl halides is 3. The van der Waals surface area contributed by atoms with Gasteiger partial charge in [-0.05, 0) is 50.3 Å². The van der Waals surface area contributed by atoms with E-state index in [9.17, 15) is 22.4 Å². The van der Waals surface area contributed by atoms with Crippen LogP contribution in [-0.4, -0.2) is 54.5 Å². The summed E-state index contributed by atoms with van der Waals surface area (Å²) in [5.74, 6) is -1.93. The summed E-state index contributed by atoms with van der Waals surface area (Å²) in [5.41, 5.74) is 0.0613. The SMILES string of the molecule is Cc1ccc(-n2nccn2)c(C(=O)N2CC3CCC2C(Oc2ncc(C(F)(F)F)cc2F)C3)n1. The Morgan fingerprint density at radius 2 is 1.94 bits per heavy atom. The van der Waals surface area contributed by atoms with Gasteiger partial charge in [0.05, 0.1) is 24.0 Å². The largest absolute Gasteiger partial charge is 0.470 e. The Hall–Kier alpha value is -3.57. The second-order valence-corrected chi connectivity index (χ2v) is 8.51. The first kappa shape index (κ1) is 22.2. The Morgan fingerprint density at radius 1 is 1.18 bits per heavy atom. The lowest BCUT2D eigenvalue weighted by Gasteiger charge is -2.49. The van der Waals surface area contributed by atoms with Crippen LogP contribution in [0.2, 0.25) is 0 Å². The van der Waals surface area contributed by atoms with Gasteiger partial charge in [0.15, 0.2) is 11.5 Å². The number of amides is 1. The molecule has 3 fully saturated rings. The number of hydrogen-bond acceptors (Lipinski definition) is 6. The Balaban J connectivity index is 1.42. The van der Waals surface area contributed by atoms with Crippen molar-refractivity contribution in [2.24, 2.45) is 5.92 Å². The van der Waals surface area contributed by atoms with Crippen LogP contribution in [0.25, 0.3) is 5.69 Å². The zero-order valence-electron chi connectivity index (χ0n) is 18.0. The third-order valence-corrected chi connectivity index (χ3v) is 6.23. The van der Waals surface area contributed by atoms with Gasteiger partial charge >= 0.3 is 6.18 Å². The van der Waals surface area contributed by atoms with Crippen molar-refractivity contribution >= 4 is 5.91 Å². The fraction of sp³-hybridized carbons (Fsp3) is 0.409. The first-order valence-electron chi connectivity index (χ1n) is 10.8. The molecule has 2 saturated heterocycles. The number of nitrogens with zero attached hydrogens (tertiary/aromatic N) is 6. The lowest BCUT2D eigenvalue weighted by molar-refractivity contribution is -0.138. The molecule has 12 heteroatoms. The van der Waals surface area contributed by atoms with E-state index in [2.05, 4.69) is 20.2 Å². The van der Waals surface area contributed by atoms with E-state index >= 15 is 0 Å². The zero-order valence-corrected chi connectivity index (χ0v) is 18.0. The molecule has 3 aliphatic rings. The molecule has 1 amide bonds. The molecule has 3 aromatic rings. The molecule has 0 radical (unpaired) electrons. The summed E-state index contributed by atoms with van der Waals surface area (Å²) in [6.45, 7) is 2.25. The summed E-state index contributed by atoms with van der Waals surface area (Å²) in [4.78, 5) is 24.6. The quantitative estimate of drug-likeness (QED) is 0.535. The number of aryl methyl sites for hydroxylation is 1. The smallest absolute Gasteiger partial charge is 0.417 e. The van der Waals surface area contributed by atoms with Crippen molar-refractivity contribution in [3.63, 3.8) is 0 Å². The van der Waals surface area contributed by atoms with Gasteiger partial charge in [-0.15, -0.1) is 4.80 Å². The molecule has 8 nitrogen and oxygen atoms in total. The number of ether oxygens (including phenoxy) is 1. The first-order chi connectivity index (χ1) is 16.2. The summed E-state index contributed by atoms with van der Waals surface area (Å²) in [5, 5.41) is 8.19. The number of hydrogen-bond donors (Lipinski definition) is 0. The summed E-state index contributed by atoms with van der Waals surface area (Å²) < 4.78 is 58.6.